The van der Waals surface area contributed by atoms with Crippen LogP contribution in [0.2, 0.25) is 5.02 Å². The number of aliphatic carboxylic acids is 1. The molecule has 1 aromatic carbocycles. The van der Waals surface area contributed by atoms with Gasteiger partial charge in [0.05, 0.1) is 10.8 Å². The summed E-state index contributed by atoms with van der Waals surface area (Å²) < 4.78 is 0. The van der Waals surface area contributed by atoms with Gasteiger partial charge in [-0.15, -0.1) is 0 Å². The van der Waals surface area contributed by atoms with Crippen molar-refractivity contribution in [3.05, 3.63) is 38.9 Å². The second-order valence-electron chi connectivity index (χ2n) is 4.85. The van der Waals surface area contributed by atoms with Crippen molar-refractivity contribution >= 4 is 29.2 Å². The van der Waals surface area contributed by atoms with Crippen molar-refractivity contribution in [1.29, 1.82) is 0 Å². The molecule has 0 spiro atoms. The summed E-state index contributed by atoms with van der Waals surface area (Å²) in [6.45, 7) is 0.611. The number of carbonyl (C=O) groups is 2. The molecule has 1 aliphatic rings. The Hall–Kier alpha value is -2.15. The monoisotopic (exact) mass is 312 g/mol. The maximum absolute atomic E-state index is 12.3. The second kappa shape index (κ2) is 6.09. The van der Waals surface area contributed by atoms with Gasteiger partial charge < -0.3 is 10.0 Å². The van der Waals surface area contributed by atoms with Gasteiger partial charge in [0.1, 0.15) is 5.02 Å². The van der Waals surface area contributed by atoms with Gasteiger partial charge >= 0.3 is 5.97 Å². The SMILES string of the molecule is O=C(O)C1CCCN(C(=O)c2ccc([N+](=O)[O-])c(Cl)c2)C1. The van der Waals surface area contributed by atoms with E-state index in [9.17, 15) is 19.7 Å². The van der Waals surface area contributed by atoms with Gasteiger partial charge in [-0.25, -0.2) is 0 Å². The summed E-state index contributed by atoms with van der Waals surface area (Å²) in [7, 11) is 0. The highest BCUT2D eigenvalue weighted by Crippen LogP contribution is 2.26. The maximum Gasteiger partial charge on any atom is 0.308 e. The Morgan fingerprint density at radius 1 is 1.43 bits per heavy atom. The van der Waals surface area contributed by atoms with E-state index in [-0.39, 0.29) is 28.7 Å². The summed E-state index contributed by atoms with van der Waals surface area (Å²) in [6.07, 6.45) is 1.16. The van der Waals surface area contributed by atoms with Crippen molar-refractivity contribution in [3.63, 3.8) is 0 Å². The molecule has 2 rings (SSSR count). The Morgan fingerprint density at radius 3 is 2.71 bits per heavy atom. The average Bonchev–Trinajstić information content (AvgIpc) is 2.46. The predicted octanol–water partition coefficient (Wildman–Crippen LogP) is 2.19. The molecule has 1 atom stereocenters. The summed E-state index contributed by atoms with van der Waals surface area (Å²) in [5.41, 5.74) is -0.0492. The minimum atomic E-state index is -0.922. The molecule has 0 bridgehead atoms. The number of nitro groups is 1. The van der Waals surface area contributed by atoms with E-state index in [1.165, 1.54) is 23.1 Å². The van der Waals surface area contributed by atoms with Crippen LogP contribution in [0.3, 0.4) is 0 Å². The van der Waals surface area contributed by atoms with E-state index in [0.29, 0.717) is 19.4 Å². The van der Waals surface area contributed by atoms with Crippen LogP contribution >= 0.6 is 11.6 Å². The Morgan fingerprint density at radius 2 is 2.14 bits per heavy atom. The largest absolute Gasteiger partial charge is 0.481 e. The van der Waals surface area contributed by atoms with Gasteiger partial charge in [0.25, 0.3) is 11.6 Å². The maximum atomic E-state index is 12.3. The lowest BCUT2D eigenvalue weighted by Crippen LogP contribution is -2.42. The molecule has 21 heavy (non-hydrogen) atoms. The topological polar surface area (TPSA) is 101 Å². The third-order valence-corrected chi connectivity index (χ3v) is 3.75. The van der Waals surface area contributed by atoms with Gasteiger partial charge in [-0.3, -0.25) is 19.7 Å². The number of carbonyl (C=O) groups excluding carboxylic acids is 1. The Labute approximate surface area is 125 Å². The summed E-state index contributed by atoms with van der Waals surface area (Å²) in [5.74, 6) is -1.86. The molecule has 1 unspecified atom stereocenters. The summed E-state index contributed by atoms with van der Waals surface area (Å²) >= 11 is 5.78. The number of halogens is 1. The van der Waals surface area contributed by atoms with E-state index < -0.39 is 16.8 Å². The lowest BCUT2D eigenvalue weighted by Gasteiger charge is -2.30. The normalized spacial score (nSPS) is 18.3. The van der Waals surface area contributed by atoms with Crippen LogP contribution in [0.25, 0.3) is 0 Å². The van der Waals surface area contributed by atoms with Gasteiger partial charge in [-0.05, 0) is 25.0 Å². The number of likely N-dealkylation sites (tertiary alicyclic amines) is 1. The summed E-state index contributed by atoms with van der Waals surface area (Å²) in [4.78, 5) is 34.8. The zero-order chi connectivity index (χ0) is 15.6. The molecule has 1 aromatic rings. The quantitative estimate of drug-likeness (QED) is 0.681. The second-order valence-corrected chi connectivity index (χ2v) is 5.26. The van der Waals surface area contributed by atoms with Crippen LogP contribution in [0.5, 0.6) is 0 Å². The first kappa shape index (κ1) is 15.2. The summed E-state index contributed by atoms with van der Waals surface area (Å²) in [6, 6.07) is 3.75. The Balaban J connectivity index is 2.18. The zero-order valence-corrected chi connectivity index (χ0v) is 11.7. The van der Waals surface area contributed by atoms with E-state index in [4.69, 9.17) is 16.7 Å². The molecule has 1 amide bonds. The molecule has 0 saturated carbocycles. The molecule has 1 saturated heterocycles. The third kappa shape index (κ3) is 3.30. The van der Waals surface area contributed by atoms with E-state index in [2.05, 4.69) is 0 Å². The van der Waals surface area contributed by atoms with Gasteiger partial charge in [-0.2, -0.15) is 0 Å². The molecule has 7 nitrogen and oxygen atoms in total. The van der Waals surface area contributed by atoms with Crippen LogP contribution in [0, 0.1) is 16.0 Å². The number of hydrogen-bond acceptors (Lipinski definition) is 4. The van der Waals surface area contributed by atoms with Crippen molar-refractivity contribution in [3.8, 4) is 0 Å². The average molecular weight is 313 g/mol. The lowest BCUT2D eigenvalue weighted by molar-refractivity contribution is -0.384. The van der Waals surface area contributed by atoms with Crippen LogP contribution < -0.4 is 0 Å². The number of nitro benzene ring substituents is 1. The number of carboxylic acids is 1. The molecule has 8 heteroatoms. The fourth-order valence-electron chi connectivity index (χ4n) is 2.33. The van der Waals surface area contributed by atoms with E-state index in [0.717, 1.165) is 0 Å². The minimum Gasteiger partial charge on any atom is -0.481 e. The number of hydrogen-bond donors (Lipinski definition) is 1. The standard InChI is InChI=1S/C13H13ClN2O5/c14-10-6-8(3-4-11(10)16(20)21)12(17)15-5-1-2-9(7-15)13(18)19/h3-4,6,9H,1-2,5,7H2,(H,18,19). The van der Waals surface area contributed by atoms with E-state index in [1.54, 1.807) is 0 Å². The van der Waals surface area contributed by atoms with Crippen molar-refractivity contribution in [2.45, 2.75) is 12.8 Å². The number of nitrogens with zero attached hydrogens (tertiary/aromatic N) is 2. The zero-order valence-electron chi connectivity index (χ0n) is 11.0. The lowest BCUT2D eigenvalue weighted by atomic mass is 9.97. The predicted molar refractivity (Wildman–Crippen MR) is 74.4 cm³/mol. The van der Waals surface area contributed by atoms with Crippen LogP contribution in [0.15, 0.2) is 18.2 Å². The van der Waals surface area contributed by atoms with Crippen molar-refractivity contribution in [1.82, 2.24) is 4.90 Å². The van der Waals surface area contributed by atoms with E-state index in [1.807, 2.05) is 0 Å². The molecule has 0 aliphatic carbocycles. The van der Waals surface area contributed by atoms with Crippen molar-refractivity contribution in [2.24, 2.45) is 5.92 Å². The molecule has 1 aliphatic heterocycles. The van der Waals surface area contributed by atoms with Crippen LogP contribution in [-0.2, 0) is 4.79 Å². The Bertz CT molecular complexity index is 604. The first-order valence-corrected chi connectivity index (χ1v) is 6.74. The molecule has 1 heterocycles. The number of amides is 1. The summed E-state index contributed by atoms with van der Waals surface area (Å²) in [5, 5.41) is 19.6. The first-order chi connectivity index (χ1) is 9.90. The molecule has 0 radical (unpaired) electrons. The molecule has 0 aromatic heterocycles. The minimum absolute atomic E-state index is 0.113. The third-order valence-electron chi connectivity index (χ3n) is 3.45. The van der Waals surface area contributed by atoms with Gasteiger partial charge in [0.2, 0.25) is 0 Å². The fraction of sp³-hybridized carbons (Fsp3) is 0.385. The van der Waals surface area contributed by atoms with Gasteiger partial charge in [0.15, 0.2) is 0 Å². The van der Waals surface area contributed by atoms with Crippen LogP contribution in [0.4, 0.5) is 5.69 Å². The molecule has 1 fully saturated rings. The van der Waals surface area contributed by atoms with Crippen LogP contribution in [0.1, 0.15) is 23.2 Å². The van der Waals surface area contributed by atoms with Gasteiger partial charge in [-0.1, -0.05) is 11.6 Å². The smallest absolute Gasteiger partial charge is 0.308 e. The fourth-order valence-corrected chi connectivity index (χ4v) is 2.58. The van der Waals surface area contributed by atoms with Crippen LogP contribution in [-0.4, -0.2) is 39.9 Å². The number of rotatable bonds is 3. The molecule has 112 valence electrons. The highest BCUT2D eigenvalue weighted by molar-refractivity contribution is 6.33. The highest BCUT2D eigenvalue weighted by atomic mass is 35.5. The van der Waals surface area contributed by atoms with E-state index >= 15 is 0 Å². The number of piperidine rings is 1. The van der Waals surface area contributed by atoms with Crippen molar-refractivity contribution < 1.29 is 19.6 Å². The Kier molecular flexibility index (Phi) is 4.42. The molecule has 1 N–H and O–H groups in total. The number of carboxylic acid groups (broad SMARTS) is 1. The molecular formula is C13H13ClN2O5. The van der Waals surface area contributed by atoms with Crippen molar-refractivity contribution in [2.75, 3.05) is 13.1 Å². The highest BCUT2D eigenvalue weighted by Gasteiger charge is 2.29. The molecular weight excluding hydrogens is 300 g/mol. The first-order valence-electron chi connectivity index (χ1n) is 6.36. The number of benzene rings is 1. The van der Waals surface area contributed by atoms with Gasteiger partial charge in [0, 0.05) is 24.7 Å².